The van der Waals surface area contributed by atoms with Crippen molar-refractivity contribution in [2.45, 2.75) is 23.5 Å². The van der Waals surface area contributed by atoms with Crippen molar-refractivity contribution in [3.63, 3.8) is 0 Å². The predicted octanol–water partition coefficient (Wildman–Crippen LogP) is 4.86. The summed E-state index contributed by atoms with van der Waals surface area (Å²) >= 11 is 1.34. The van der Waals surface area contributed by atoms with Gasteiger partial charge < -0.3 is 5.11 Å². The van der Waals surface area contributed by atoms with Crippen LogP contribution in [0.3, 0.4) is 0 Å². The Balaban J connectivity index is 2.07. The van der Waals surface area contributed by atoms with Crippen LogP contribution in [0, 0.1) is 0 Å². The highest BCUT2D eigenvalue weighted by Gasteiger charge is 2.29. The zero-order valence-corrected chi connectivity index (χ0v) is 13.8. The van der Waals surface area contributed by atoms with Gasteiger partial charge in [0, 0.05) is 22.9 Å². The molecule has 0 aliphatic heterocycles. The molecule has 1 aromatic heterocycles. The molecule has 3 aromatic rings. The summed E-state index contributed by atoms with van der Waals surface area (Å²) in [5.41, 5.74) is 2.00. The maximum atomic E-state index is 11.4. The number of aliphatic carboxylic acids is 1. The number of carbonyl (C=O) groups is 1. The van der Waals surface area contributed by atoms with Crippen molar-refractivity contribution in [3.8, 4) is 11.1 Å². The predicted molar refractivity (Wildman–Crippen MR) is 94.8 cm³/mol. The van der Waals surface area contributed by atoms with E-state index in [1.165, 1.54) is 17.1 Å². The normalized spacial score (nSPS) is 11.6. The monoisotopic (exact) mass is 323 g/mol. The Labute approximate surface area is 139 Å². The number of fused-ring (bicyclic) bond motifs is 1. The highest BCUT2D eigenvalue weighted by atomic mass is 32.2. The Morgan fingerprint density at radius 2 is 1.83 bits per heavy atom. The summed E-state index contributed by atoms with van der Waals surface area (Å²) in [4.78, 5) is 16.5. The molecular formula is C19H17NO2S. The van der Waals surface area contributed by atoms with E-state index >= 15 is 0 Å². The molecule has 0 unspecified atom stereocenters. The van der Waals surface area contributed by atoms with E-state index in [4.69, 9.17) is 0 Å². The van der Waals surface area contributed by atoms with Crippen molar-refractivity contribution in [1.82, 2.24) is 4.98 Å². The molecule has 116 valence electrons. The minimum absolute atomic E-state index is 0.830. The van der Waals surface area contributed by atoms with E-state index in [0.29, 0.717) is 0 Å². The Morgan fingerprint density at radius 3 is 2.57 bits per heavy atom. The van der Waals surface area contributed by atoms with Crippen LogP contribution in [0.5, 0.6) is 0 Å². The molecule has 0 aliphatic carbocycles. The van der Waals surface area contributed by atoms with Crippen LogP contribution < -0.4 is 0 Å². The molecule has 1 heterocycles. The molecule has 0 atom stereocenters. The van der Waals surface area contributed by atoms with E-state index in [9.17, 15) is 9.90 Å². The lowest BCUT2D eigenvalue weighted by molar-refractivity contribution is -0.138. The molecule has 0 saturated carbocycles. The van der Waals surface area contributed by atoms with Crippen LogP contribution in [0.1, 0.15) is 13.8 Å². The van der Waals surface area contributed by atoms with Crippen molar-refractivity contribution in [3.05, 3.63) is 60.9 Å². The van der Waals surface area contributed by atoms with Gasteiger partial charge in [-0.2, -0.15) is 0 Å². The molecule has 0 radical (unpaired) electrons. The fourth-order valence-corrected chi connectivity index (χ4v) is 3.41. The van der Waals surface area contributed by atoms with Gasteiger partial charge in [0.05, 0.1) is 0 Å². The van der Waals surface area contributed by atoms with Crippen LogP contribution in [-0.4, -0.2) is 20.8 Å². The maximum absolute atomic E-state index is 11.4. The van der Waals surface area contributed by atoms with Gasteiger partial charge in [-0.25, -0.2) is 0 Å². The van der Waals surface area contributed by atoms with Gasteiger partial charge in [0.15, 0.2) is 0 Å². The van der Waals surface area contributed by atoms with Gasteiger partial charge in [-0.1, -0.05) is 36.4 Å². The van der Waals surface area contributed by atoms with E-state index in [1.807, 2.05) is 18.2 Å². The van der Waals surface area contributed by atoms with E-state index < -0.39 is 10.7 Å². The van der Waals surface area contributed by atoms with Gasteiger partial charge in [-0.05, 0) is 42.3 Å². The summed E-state index contributed by atoms with van der Waals surface area (Å²) in [5.74, 6) is -0.830. The van der Waals surface area contributed by atoms with Crippen LogP contribution in [0.15, 0.2) is 65.8 Å². The summed E-state index contributed by atoms with van der Waals surface area (Å²) in [5, 5.41) is 11.7. The third-order valence-electron chi connectivity index (χ3n) is 3.72. The van der Waals surface area contributed by atoms with E-state index in [1.54, 1.807) is 26.2 Å². The first kappa shape index (κ1) is 15.6. The summed E-state index contributed by atoms with van der Waals surface area (Å²) in [6.45, 7) is 3.43. The number of thioether (sulfide) groups is 1. The van der Waals surface area contributed by atoms with Crippen LogP contribution in [0.4, 0.5) is 0 Å². The molecule has 0 aliphatic rings. The third kappa shape index (κ3) is 3.22. The van der Waals surface area contributed by atoms with Crippen LogP contribution >= 0.6 is 11.8 Å². The number of hydrogen-bond acceptors (Lipinski definition) is 3. The Morgan fingerprint density at radius 1 is 1.09 bits per heavy atom. The van der Waals surface area contributed by atoms with Crippen molar-refractivity contribution >= 4 is 28.5 Å². The van der Waals surface area contributed by atoms with Gasteiger partial charge >= 0.3 is 5.97 Å². The van der Waals surface area contributed by atoms with Gasteiger partial charge in [0.2, 0.25) is 0 Å². The van der Waals surface area contributed by atoms with Gasteiger partial charge in [0.1, 0.15) is 4.75 Å². The molecule has 0 amide bonds. The number of aromatic nitrogens is 1. The summed E-state index contributed by atoms with van der Waals surface area (Å²) in [6.07, 6.45) is 3.50. The number of pyridine rings is 1. The fraction of sp³-hybridized carbons (Fsp3) is 0.158. The molecular weight excluding hydrogens is 306 g/mol. The smallest absolute Gasteiger partial charge is 0.319 e. The highest BCUT2D eigenvalue weighted by Crippen LogP contribution is 2.39. The number of rotatable bonds is 4. The lowest BCUT2D eigenvalue weighted by atomic mass is 10.0. The number of benzene rings is 2. The molecule has 0 bridgehead atoms. The summed E-state index contributed by atoms with van der Waals surface area (Å²) in [7, 11) is 0. The van der Waals surface area contributed by atoms with Crippen LogP contribution in [0.2, 0.25) is 0 Å². The number of carboxylic acids is 1. The summed E-state index contributed by atoms with van der Waals surface area (Å²) in [6, 6.07) is 16.3. The molecule has 3 rings (SSSR count). The SMILES string of the molecule is CC(C)(Sc1ccncc1-c1ccc2ccccc2c1)C(=O)O. The largest absolute Gasteiger partial charge is 0.480 e. The first-order valence-corrected chi connectivity index (χ1v) is 8.14. The molecule has 4 heteroatoms. The second kappa shape index (κ2) is 6.05. The molecule has 2 aromatic carbocycles. The zero-order chi connectivity index (χ0) is 16.4. The van der Waals surface area contributed by atoms with Gasteiger partial charge in [-0.3, -0.25) is 9.78 Å². The zero-order valence-electron chi connectivity index (χ0n) is 13.0. The van der Waals surface area contributed by atoms with Crippen molar-refractivity contribution in [2.24, 2.45) is 0 Å². The topological polar surface area (TPSA) is 50.2 Å². The third-order valence-corrected chi connectivity index (χ3v) is 4.98. The van der Waals surface area contributed by atoms with Gasteiger partial charge in [0.25, 0.3) is 0 Å². The second-order valence-electron chi connectivity index (χ2n) is 5.85. The fourth-order valence-electron chi connectivity index (χ4n) is 2.36. The number of carboxylic acid groups (broad SMARTS) is 1. The molecule has 0 fully saturated rings. The lowest BCUT2D eigenvalue weighted by Gasteiger charge is -2.20. The summed E-state index contributed by atoms with van der Waals surface area (Å²) < 4.78 is -0.896. The first-order valence-electron chi connectivity index (χ1n) is 7.33. The average molecular weight is 323 g/mol. The van der Waals surface area contributed by atoms with E-state index in [0.717, 1.165) is 21.4 Å². The number of hydrogen-bond donors (Lipinski definition) is 1. The standard InChI is InChI=1S/C19H17NO2S/c1-19(2,18(21)22)23-17-9-10-20-12-16(17)15-8-7-13-5-3-4-6-14(13)11-15/h3-12H,1-2H3,(H,21,22). The second-order valence-corrected chi connectivity index (χ2v) is 7.52. The highest BCUT2D eigenvalue weighted by molar-refractivity contribution is 8.01. The van der Waals surface area contributed by atoms with Gasteiger partial charge in [-0.15, -0.1) is 11.8 Å². The molecule has 0 saturated heterocycles. The first-order chi connectivity index (χ1) is 11.0. The van der Waals surface area contributed by atoms with Crippen molar-refractivity contribution < 1.29 is 9.90 Å². The average Bonchev–Trinajstić information content (AvgIpc) is 2.54. The Hall–Kier alpha value is -2.33. The molecule has 23 heavy (non-hydrogen) atoms. The van der Waals surface area contributed by atoms with Crippen LogP contribution in [0.25, 0.3) is 21.9 Å². The van der Waals surface area contributed by atoms with Crippen molar-refractivity contribution in [1.29, 1.82) is 0 Å². The molecule has 0 spiro atoms. The van der Waals surface area contributed by atoms with E-state index in [-0.39, 0.29) is 0 Å². The minimum Gasteiger partial charge on any atom is -0.480 e. The van der Waals surface area contributed by atoms with Crippen molar-refractivity contribution in [2.75, 3.05) is 0 Å². The minimum atomic E-state index is -0.896. The Kier molecular flexibility index (Phi) is 4.09. The van der Waals surface area contributed by atoms with Crippen LogP contribution in [-0.2, 0) is 4.79 Å². The number of nitrogens with zero attached hydrogens (tertiary/aromatic N) is 1. The Bertz CT molecular complexity index is 874. The lowest BCUT2D eigenvalue weighted by Crippen LogP contribution is -2.27. The molecule has 3 nitrogen and oxygen atoms in total. The molecule has 1 N–H and O–H groups in total. The quantitative estimate of drug-likeness (QED) is 0.697. The maximum Gasteiger partial charge on any atom is 0.319 e. The van der Waals surface area contributed by atoms with E-state index in [2.05, 4.69) is 35.3 Å².